The summed E-state index contributed by atoms with van der Waals surface area (Å²) in [7, 11) is 0. The highest BCUT2D eigenvalue weighted by Crippen LogP contribution is 2.12. The number of carbonyl (C=O) groups is 1. The summed E-state index contributed by atoms with van der Waals surface area (Å²) >= 11 is 1.66. The molecule has 0 aliphatic heterocycles. The molecule has 1 unspecified atom stereocenters. The third kappa shape index (κ3) is 5.78. The van der Waals surface area contributed by atoms with Crippen LogP contribution in [0.5, 0.6) is 0 Å². The van der Waals surface area contributed by atoms with Gasteiger partial charge in [0.1, 0.15) is 5.82 Å². The maximum atomic E-state index is 13.3. The van der Waals surface area contributed by atoms with Gasteiger partial charge in [0.05, 0.1) is 12.2 Å². The van der Waals surface area contributed by atoms with Crippen molar-refractivity contribution >= 4 is 17.7 Å². The van der Waals surface area contributed by atoms with Gasteiger partial charge in [0.15, 0.2) is 0 Å². The van der Waals surface area contributed by atoms with E-state index in [9.17, 15) is 9.18 Å². The van der Waals surface area contributed by atoms with E-state index in [0.29, 0.717) is 17.5 Å². The first-order chi connectivity index (χ1) is 10.1. The highest BCUT2D eigenvalue weighted by molar-refractivity contribution is 7.98. The molecule has 1 rings (SSSR count). The number of hydrogen-bond acceptors (Lipinski definition) is 3. The zero-order chi connectivity index (χ0) is 15.7. The zero-order valence-electron chi connectivity index (χ0n) is 12.3. The summed E-state index contributed by atoms with van der Waals surface area (Å²) < 4.78 is 13.3. The zero-order valence-corrected chi connectivity index (χ0v) is 13.1. The second-order valence-electron chi connectivity index (χ2n) is 4.50. The Morgan fingerprint density at radius 1 is 1.52 bits per heavy atom. The van der Waals surface area contributed by atoms with Crippen molar-refractivity contribution in [3.8, 4) is 11.8 Å². The predicted molar refractivity (Wildman–Crippen MR) is 84.9 cm³/mol. The average molecular weight is 309 g/mol. The molecular formula is C16H20FNO2S. The molecule has 0 heterocycles. The molecule has 5 heteroatoms. The molecule has 114 valence electrons. The van der Waals surface area contributed by atoms with E-state index in [1.54, 1.807) is 11.8 Å². The summed E-state index contributed by atoms with van der Waals surface area (Å²) in [6.45, 7) is 1.95. The van der Waals surface area contributed by atoms with E-state index in [-0.39, 0.29) is 18.6 Å². The number of thioether (sulfide) groups is 1. The first-order valence-electron chi connectivity index (χ1n) is 6.81. The van der Waals surface area contributed by atoms with E-state index in [4.69, 9.17) is 5.11 Å². The molecule has 0 bridgehead atoms. The number of aliphatic hydroxyl groups excluding tert-OH is 1. The molecule has 0 saturated heterocycles. The highest BCUT2D eigenvalue weighted by Gasteiger charge is 2.15. The number of rotatable bonds is 6. The van der Waals surface area contributed by atoms with Crippen molar-refractivity contribution in [2.75, 3.05) is 18.6 Å². The van der Waals surface area contributed by atoms with E-state index in [2.05, 4.69) is 17.2 Å². The Labute approximate surface area is 129 Å². The van der Waals surface area contributed by atoms with Gasteiger partial charge in [0, 0.05) is 23.8 Å². The third-order valence-electron chi connectivity index (χ3n) is 2.88. The fourth-order valence-electron chi connectivity index (χ4n) is 1.76. The molecule has 1 aromatic carbocycles. The van der Waals surface area contributed by atoms with Crippen LogP contribution in [0.25, 0.3) is 0 Å². The van der Waals surface area contributed by atoms with E-state index < -0.39 is 5.82 Å². The fraction of sp³-hybridized carbons (Fsp3) is 0.438. The van der Waals surface area contributed by atoms with Crippen molar-refractivity contribution in [1.82, 2.24) is 5.32 Å². The van der Waals surface area contributed by atoms with Crippen LogP contribution in [0.3, 0.4) is 0 Å². The van der Waals surface area contributed by atoms with E-state index >= 15 is 0 Å². The molecule has 3 nitrogen and oxygen atoms in total. The molecule has 0 aromatic heterocycles. The second-order valence-corrected chi connectivity index (χ2v) is 5.41. The maximum absolute atomic E-state index is 13.3. The van der Waals surface area contributed by atoms with E-state index in [1.807, 2.05) is 13.2 Å². The monoisotopic (exact) mass is 309 g/mol. The lowest BCUT2D eigenvalue weighted by atomic mass is 10.1. The lowest BCUT2D eigenvalue weighted by Crippen LogP contribution is -2.36. The molecular weight excluding hydrogens is 289 g/mol. The minimum atomic E-state index is -0.434. The molecule has 0 fully saturated rings. The van der Waals surface area contributed by atoms with E-state index in [1.165, 1.54) is 18.2 Å². The van der Waals surface area contributed by atoms with Crippen molar-refractivity contribution in [2.45, 2.75) is 25.8 Å². The summed E-state index contributed by atoms with van der Waals surface area (Å²) in [5.41, 5.74) is 0.710. The molecule has 0 aliphatic carbocycles. The summed E-state index contributed by atoms with van der Waals surface area (Å²) in [4.78, 5) is 12.3. The second kappa shape index (κ2) is 9.43. The Kier molecular flexibility index (Phi) is 7.88. The number of carbonyl (C=O) groups excluding carboxylic acids is 1. The summed E-state index contributed by atoms with van der Waals surface area (Å²) in [5.74, 6) is 5.61. The molecule has 2 N–H and O–H groups in total. The van der Waals surface area contributed by atoms with Crippen molar-refractivity contribution in [1.29, 1.82) is 0 Å². The topological polar surface area (TPSA) is 49.3 Å². The van der Waals surface area contributed by atoms with Crippen molar-refractivity contribution in [2.24, 2.45) is 0 Å². The molecule has 0 radical (unpaired) electrons. The van der Waals surface area contributed by atoms with Gasteiger partial charge in [0.25, 0.3) is 5.91 Å². The summed E-state index contributed by atoms with van der Waals surface area (Å²) in [6, 6.07) is 4.02. The number of halogens is 1. The van der Waals surface area contributed by atoms with Gasteiger partial charge in [0.2, 0.25) is 0 Å². The molecule has 1 atom stereocenters. The number of nitrogens with one attached hydrogen (secondary N) is 1. The normalized spacial score (nSPS) is 11.4. The summed E-state index contributed by atoms with van der Waals surface area (Å²) in [5, 5.41) is 11.7. The quantitative estimate of drug-likeness (QED) is 0.794. The first-order valence-corrected chi connectivity index (χ1v) is 8.20. The van der Waals surface area contributed by atoms with Gasteiger partial charge in [-0.3, -0.25) is 4.79 Å². The molecule has 21 heavy (non-hydrogen) atoms. The van der Waals surface area contributed by atoms with Crippen LogP contribution >= 0.6 is 11.8 Å². The highest BCUT2D eigenvalue weighted by atomic mass is 32.2. The third-order valence-corrected chi connectivity index (χ3v) is 3.62. The minimum absolute atomic E-state index is 0.0600. The Hall–Kier alpha value is -1.51. The van der Waals surface area contributed by atoms with Gasteiger partial charge in [-0.2, -0.15) is 11.8 Å². The van der Waals surface area contributed by atoms with Crippen LogP contribution in [0, 0.1) is 17.7 Å². The van der Waals surface area contributed by atoms with Gasteiger partial charge in [-0.25, -0.2) is 4.39 Å². The van der Waals surface area contributed by atoms with Crippen LogP contribution in [0.4, 0.5) is 4.39 Å². The minimum Gasteiger partial charge on any atom is -0.395 e. The lowest BCUT2D eigenvalue weighted by Gasteiger charge is -2.16. The van der Waals surface area contributed by atoms with Gasteiger partial charge < -0.3 is 10.4 Å². The molecule has 0 aliphatic rings. The molecule has 0 spiro atoms. The predicted octanol–water partition coefficient (Wildman–Crippen LogP) is 2.43. The van der Waals surface area contributed by atoms with Crippen LogP contribution in [-0.4, -0.2) is 35.7 Å². The van der Waals surface area contributed by atoms with Crippen LogP contribution in [0.2, 0.25) is 0 Å². The standard InChI is InChI=1S/C16H20FNO2S/c1-3-14(11-21-2)18-16(20)15-8-7-13(17)10-12(15)6-4-5-9-19/h7-8,10,14,19H,3,5,9,11H2,1-2H3,(H,18,20). The largest absolute Gasteiger partial charge is 0.395 e. The van der Waals surface area contributed by atoms with Gasteiger partial charge in [-0.15, -0.1) is 0 Å². The maximum Gasteiger partial charge on any atom is 0.252 e. The van der Waals surface area contributed by atoms with Gasteiger partial charge >= 0.3 is 0 Å². The Morgan fingerprint density at radius 2 is 2.29 bits per heavy atom. The number of aliphatic hydroxyl groups is 1. The van der Waals surface area contributed by atoms with Crippen molar-refractivity contribution in [3.63, 3.8) is 0 Å². The van der Waals surface area contributed by atoms with Crippen LogP contribution in [-0.2, 0) is 0 Å². The van der Waals surface area contributed by atoms with Crippen LogP contribution < -0.4 is 5.32 Å². The van der Waals surface area contributed by atoms with E-state index in [0.717, 1.165) is 12.2 Å². The molecule has 0 saturated carbocycles. The number of amides is 1. The average Bonchev–Trinajstić information content (AvgIpc) is 2.47. The van der Waals surface area contributed by atoms with Crippen LogP contribution in [0.1, 0.15) is 35.7 Å². The van der Waals surface area contributed by atoms with Crippen molar-refractivity contribution in [3.05, 3.63) is 35.1 Å². The first kappa shape index (κ1) is 17.5. The fourth-order valence-corrected chi connectivity index (χ4v) is 2.48. The Bertz CT molecular complexity index is 537. The molecule has 1 amide bonds. The lowest BCUT2D eigenvalue weighted by molar-refractivity contribution is 0.0940. The molecule has 1 aromatic rings. The Balaban J connectivity index is 2.95. The van der Waals surface area contributed by atoms with Gasteiger partial charge in [-0.05, 0) is 30.9 Å². The van der Waals surface area contributed by atoms with Gasteiger partial charge in [-0.1, -0.05) is 18.8 Å². The Morgan fingerprint density at radius 3 is 2.90 bits per heavy atom. The SMILES string of the molecule is CCC(CSC)NC(=O)c1ccc(F)cc1C#CCCO. The number of benzene rings is 1. The van der Waals surface area contributed by atoms with Crippen LogP contribution in [0.15, 0.2) is 18.2 Å². The number of hydrogen-bond donors (Lipinski definition) is 2. The summed E-state index contributed by atoms with van der Waals surface area (Å²) in [6.07, 6.45) is 3.11. The smallest absolute Gasteiger partial charge is 0.252 e. The van der Waals surface area contributed by atoms with Crippen molar-refractivity contribution < 1.29 is 14.3 Å².